The summed E-state index contributed by atoms with van der Waals surface area (Å²) in [5.41, 5.74) is 2.93. The highest BCUT2D eigenvalue weighted by Gasteiger charge is 2.24. The number of aliphatic imine (C=N–C) groups is 1. The zero-order chi connectivity index (χ0) is 22.4. The smallest absolute Gasteiger partial charge is 0.308 e. The highest BCUT2D eigenvalue weighted by molar-refractivity contribution is 5.79. The van der Waals surface area contributed by atoms with Crippen LogP contribution >= 0.6 is 0 Å². The van der Waals surface area contributed by atoms with Gasteiger partial charge in [-0.25, -0.2) is 4.39 Å². The van der Waals surface area contributed by atoms with Gasteiger partial charge in [0, 0.05) is 31.1 Å². The fourth-order valence-electron chi connectivity index (χ4n) is 3.43. The normalized spacial score (nSPS) is 12.5. The van der Waals surface area contributed by atoms with Gasteiger partial charge in [-0.3, -0.25) is 9.79 Å². The van der Waals surface area contributed by atoms with Crippen molar-refractivity contribution in [3.63, 3.8) is 0 Å². The molecule has 1 heterocycles. The van der Waals surface area contributed by atoms with E-state index in [0.717, 1.165) is 5.56 Å². The molecule has 8 heteroatoms. The lowest BCUT2D eigenvalue weighted by molar-refractivity contribution is -0.136. The Labute approximate surface area is 180 Å². The summed E-state index contributed by atoms with van der Waals surface area (Å²) in [4.78, 5) is 15.5. The number of nitrogens with one attached hydrogen (secondary N) is 2. The van der Waals surface area contributed by atoms with Crippen molar-refractivity contribution in [1.29, 1.82) is 0 Å². The molecule has 0 radical (unpaired) electrons. The third-order valence-electron chi connectivity index (χ3n) is 5.09. The summed E-state index contributed by atoms with van der Waals surface area (Å²) in [6.07, 6.45) is -0.247. The van der Waals surface area contributed by atoms with Gasteiger partial charge in [0.25, 0.3) is 0 Å². The number of aliphatic carboxylic acids is 1. The summed E-state index contributed by atoms with van der Waals surface area (Å²) < 4.78 is 20.3. The number of carbonyl (C=O) groups is 1. The van der Waals surface area contributed by atoms with Gasteiger partial charge in [0.1, 0.15) is 5.82 Å². The van der Waals surface area contributed by atoms with Crippen molar-refractivity contribution in [2.45, 2.75) is 25.8 Å². The van der Waals surface area contributed by atoms with Gasteiger partial charge in [-0.15, -0.1) is 0 Å². The van der Waals surface area contributed by atoms with E-state index in [0.29, 0.717) is 34.1 Å². The van der Waals surface area contributed by atoms with Crippen LogP contribution in [0.15, 0.2) is 58.0 Å². The molecule has 7 nitrogen and oxygen atoms in total. The number of hydrogen-bond acceptors (Lipinski definition) is 4. The molecule has 0 aliphatic heterocycles. The van der Waals surface area contributed by atoms with E-state index in [-0.39, 0.29) is 24.7 Å². The second-order valence-electron chi connectivity index (χ2n) is 7.04. The summed E-state index contributed by atoms with van der Waals surface area (Å²) >= 11 is 0. The van der Waals surface area contributed by atoms with Crippen molar-refractivity contribution in [2.75, 3.05) is 14.1 Å². The second kappa shape index (κ2) is 9.88. The third-order valence-corrected chi connectivity index (χ3v) is 5.09. The zero-order valence-electron chi connectivity index (χ0n) is 17.6. The van der Waals surface area contributed by atoms with Gasteiger partial charge in [0.05, 0.1) is 18.7 Å². The molecule has 2 aromatic carbocycles. The first kappa shape index (κ1) is 22.0. The summed E-state index contributed by atoms with van der Waals surface area (Å²) in [6.45, 7) is 2.07. The maximum Gasteiger partial charge on any atom is 0.308 e. The van der Waals surface area contributed by atoms with Crippen LogP contribution in [0.5, 0.6) is 0 Å². The first-order valence-corrected chi connectivity index (χ1v) is 9.87. The Morgan fingerprint density at radius 1 is 1.26 bits per heavy atom. The summed E-state index contributed by atoms with van der Waals surface area (Å²) in [6, 6.07) is 14.3. The Hall–Kier alpha value is -3.68. The Morgan fingerprint density at radius 2 is 2.00 bits per heavy atom. The van der Waals surface area contributed by atoms with Gasteiger partial charge in [-0.2, -0.15) is 0 Å². The number of benzene rings is 2. The minimum absolute atomic E-state index is 0.219. The van der Waals surface area contributed by atoms with Crippen molar-refractivity contribution >= 4 is 11.9 Å². The summed E-state index contributed by atoms with van der Waals surface area (Å²) in [5, 5.41) is 19.4. The van der Waals surface area contributed by atoms with Gasteiger partial charge in [0.2, 0.25) is 0 Å². The van der Waals surface area contributed by atoms with E-state index < -0.39 is 5.97 Å². The largest absolute Gasteiger partial charge is 0.481 e. The number of rotatable bonds is 7. The Balaban J connectivity index is 1.91. The molecular formula is C23H25FN4O3. The van der Waals surface area contributed by atoms with Crippen molar-refractivity contribution in [2.24, 2.45) is 4.99 Å². The van der Waals surface area contributed by atoms with E-state index in [2.05, 4.69) is 20.8 Å². The van der Waals surface area contributed by atoms with Gasteiger partial charge < -0.3 is 20.3 Å². The number of halogens is 1. The van der Waals surface area contributed by atoms with Crippen LogP contribution in [0.4, 0.5) is 4.39 Å². The van der Waals surface area contributed by atoms with Crippen molar-refractivity contribution in [1.82, 2.24) is 15.8 Å². The maximum absolute atomic E-state index is 14.8. The SMILES string of the molecule is CN=C(NC)NCc1onc(C(C)c2ccc(-c3ccccc3)c(F)c2)c1CC(=O)O. The molecule has 0 amide bonds. The number of nitrogens with zero attached hydrogens (tertiary/aromatic N) is 2. The summed E-state index contributed by atoms with van der Waals surface area (Å²) in [7, 11) is 3.34. The van der Waals surface area contributed by atoms with Gasteiger partial charge in [0.15, 0.2) is 11.7 Å². The molecule has 1 unspecified atom stereocenters. The van der Waals surface area contributed by atoms with Crippen molar-refractivity contribution < 1.29 is 18.8 Å². The molecule has 0 saturated heterocycles. The van der Waals surface area contributed by atoms with E-state index in [4.69, 9.17) is 4.52 Å². The van der Waals surface area contributed by atoms with Gasteiger partial charge in [-0.1, -0.05) is 54.5 Å². The Bertz CT molecular complexity index is 1080. The molecule has 0 spiro atoms. The lowest BCUT2D eigenvalue weighted by Crippen LogP contribution is -2.34. The van der Waals surface area contributed by atoms with E-state index >= 15 is 0 Å². The van der Waals surface area contributed by atoms with Crippen LogP contribution in [-0.2, 0) is 17.8 Å². The van der Waals surface area contributed by atoms with Crippen molar-refractivity contribution in [3.05, 3.63) is 76.9 Å². The van der Waals surface area contributed by atoms with E-state index in [9.17, 15) is 14.3 Å². The molecule has 0 saturated carbocycles. The average molecular weight is 424 g/mol. The standard InChI is InChI=1S/C23H25FN4O3/c1-14(16-9-10-17(19(24)11-16)15-7-5-4-6-8-15)22-18(12-21(29)30)20(31-28-22)13-27-23(25-2)26-3/h4-11,14H,12-13H2,1-3H3,(H,29,30)(H2,25,26,27). The molecule has 0 bridgehead atoms. The maximum atomic E-state index is 14.8. The molecule has 162 valence electrons. The first-order chi connectivity index (χ1) is 14.9. The second-order valence-corrected chi connectivity index (χ2v) is 7.04. The molecule has 1 aromatic heterocycles. The van der Waals surface area contributed by atoms with Crippen molar-refractivity contribution in [3.8, 4) is 11.1 Å². The number of carboxylic acid groups (broad SMARTS) is 1. The van der Waals surface area contributed by atoms with Gasteiger partial charge in [-0.05, 0) is 17.2 Å². The van der Waals surface area contributed by atoms with Crippen LogP contribution in [0.25, 0.3) is 11.1 Å². The summed E-state index contributed by atoms with van der Waals surface area (Å²) in [5.74, 6) is -0.761. The van der Waals surface area contributed by atoms with Crippen LogP contribution < -0.4 is 10.6 Å². The fraction of sp³-hybridized carbons (Fsp3) is 0.261. The first-order valence-electron chi connectivity index (χ1n) is 9.87. The molecule has 3 rings (SSSR count). The Morgan fingerprint density at radius 3 is 2.61 bits per heavy atom. The average Bonchev–Trinajstić information content (AvgIpc) is 3.16. The molecule has 0 aliphatic rings. The number of guanidine groups is 1. The monoisotopic (exact) mass is 424 g/mol. The Kier molecular flexibility index (Phi) is 7.02. The van der Waals surface area contributed by atoms with Crippen LogP contribution in [0, 0.1) is 5.82 Å². The van der Waals surface area contributed by atoms with Crippen LogP contribution in [0.1, 0.15) is 35.4 Å². The fourth-order valence-corrected chi connectivity index (χ4v) is 3.43. The number of hydrogen-bond donors (Lipinski definition) is 3. The highest BCUT2D eigenvalue weighted by atomic mass is 19.1. The molecule has 0 aliphatic carbocycles. The van der Waals surface area contributed by atoms with Crippen LogP contribution in [0.2, 0.25) is 0 Å². The van der Waals surface area contributed by atoms with E-state index in [1.54, 1.807) is 20.2 Å². The molecule has 31 heavy (non-hydrogen) atoms. The minimum atomic E-state index is -0.999. The van der Waals surface area contributed by atoms with Crippen LogP contribution in [0.3, 0.4) is 0 Å². The molecule has 3 N–H and O–H groups in total. The minimum Gasteiger partial charge on any atom is -0.481 e. The van der Waals surface area contributed by atoms with E-state index in [1.807, 2.05) is 43.3 Å². The molecular weight excluding hydrogens is 399 g/mol. The third kappa shape index (κ3) is 5.09. The number of carboxylic acids is 1. The predicted molar refractivity (Wildman–Crippen MR) is 116 cm³/mol. The lowest BCUT2D eigenvalue weighted by Gasteiger charge is -2.13. The van der Waals surface area contributed by atoms with E-state index in [1.165, 1.54) is 6.07 Å². The quantitative estimate of drug-likeness (QED) is 0.396. The molecule has 0 fully saturated rings. The van der Waals surface area contributed by atoms with Crippen LogP contribution in [-0.4, -0.2) is 36.3 Å². The number of aromatic nitrogens is 1. The molecule has 3 aromatic rings. The predicted octanol–water partition coefficient (Wildman–Crippen LogP) is 3.55. The molecule has 1 atom stereocenters. The zero-order valence-corrected chi connectivity index (χ0v) is 17.6. The highest BCUT2D eigenvalue weighted by Crippen LogP contribution is 2.31. The van der Waals surface area contributed by atoms with Gasteiger partial charge >= 0.3 is 5.97 Å². The topological polar surface area (TPSA) is 99.8 Å². The lowest BCUT2D eigenvalue weighted by atomic mass is 9.91.